The van der Waals surface area contributed by atoms with Crippen LogP contribution in [0.25, 0.3) is 0 Å². The third-order valence-electron chi connectivity index (χ3n) is 3.28. The molecule has 0 saturated carbocycles. The van der Waals surface area contributed by atoms with Gasteiger partial charge in [0.15, 0.2) is 0 Å². The minimum atomic E-state index is -3.07. The van der Waals surface area contributed by atoms with Crippen LogP contribution in [-0.4, -0.2) is 20.4 Å². The van der Waals surface area contributed by atoms with E-state index in [9.17, 15) is 8.42 Å². The van der Waals surface area contributed by atoms with Crippen LogP contribution in [0.2, 0.25) is 0 Å². The van der Waals surface area contributed by atoms with Gasteiger partial charge in [-0.15, -0.1) is 0 Å². The predicted molar refractivity (Wildman–Crippen MR) is 81.3 cm³/mol. The van der Waals surface area contributed by atoms with E-state index in [1.165, 1.54) is 11.8 Å². The fourth-order valence-electron chi connectivity index (χ4n) is 2.21. The number of rotatable bonds is 5. The molecule has 1 unspecified atom stereocenters. The maximum atomic E-state index is 11.4. The lowest BCUT2D eigenvalue weighted by Crippen LogP contribution is -2.22. The molecule has 0 aromatic heterocycles. The van der Waals surface area contributed by atoms with Gasteiger partial charge in [-0.2, -0.15) is 0 Å². The molecule has 1 aromatic carbocycles. The zero-order chi connectivity index (χ0) is 14.8. The standard InChI is InChI=1S/C15H25NO2S/c1-10(2)12-6-7-13(14(8-12)11(3)4)15(16)9-19(5,17)18/h6-8,10-11,15H,9,16H2,1-5H3. The van der Waals surface area contributed by atoms with Crippen molar-refractivity contribution in [3.05, 3.63) is 34.9 Å². The topological polar surface area (TPSA) is 60.2 Å². The molecule has 2 N–H and O–H groups in total. The minimum Gasteiger partial charge on any atom is -0.323 e. The first-order chi connectivity index (χ1) is 8.61. The Morgan fingerprint density at radius 3 is 2.05 bits per heavy atom. The molecule has 4 heteroatoms. The summed E-state index contributed by atoms with van der Waals surface area (Å²) in [7, 11) is -3.07. The molecule has 19 heavy (non-hydrogen) atoms. The lowest BCUT2D eigenvalue weighted by molar-refractivity contribution is 0.594. The smallest absolute Gasteiger partial charge is 0.149 e. The van der Waals surface area contributed by atoms with Gasteiger partial charge in [0.25, 0.3) is 0 Å². The monoisotopic (exact) mass is 283 g/mol. The molecule has 0 aliphatic rings. The minimum absolute atomic E-state index is 0.00621. The summed E-state index contributed by atoms with van der Waals surface area (Å²) in [4.78, 5) is 0. The van der Waals surface area contributed by atoms with E-state index in [2.05, 4.69) is 33.8 Å². The van der Waals surface area contributed by atoms with Crippen LogP contribution in [0.5, 0.6) is 0 Å². The maximum Gasteiger partial charge on any atom is 0.149 e. The van der Waals surface area contributed by atoms with Crippen molar-refractivity contribution >= 4 is 9.84 Å². The first-order valence-corrected chi connectivity index (χ1v) is 8.75. The van der Waals surface area contributed by atoms with Gasteiger partial charge in [-0.3, -0.25) is 0 Å². The van der Waals surface area contributed by atoms with Crippen LogP contribution >= 0.6 is 0 Å². The van der Waals surface area contributed by atoms with Crippen LogP contribution in [0.3, 0.4) is 0 Å². The number of benzene rings is 1. The Morgan fingerprint density at radius 1 is 1.05 bits per heavy atom. The summed E-state index contributed by atoms with van der Waals surface area (Å²) in [5.41, 5.74) is 9.43. The van der Waals surface area contributed by atoms with Crippen molar-refractivity contribution in [2.24, 2.45) is 5.73 Å². The molecule has 3 nitrogen and oxygen atoms in total. The quantitative estimate of drug-likeness (QED) is 0.903. The molecule has 1 rings (SSSR count). The second kappa shape index (κ2) is 6.06. The summed E-state index contributed by atoms with van der Waals surface area (Å²) in [6.45, 7) is 8.51. The van der Waals surface area contributed by atoms with E-state index >= 15 is 0 Å². The van der Waals surface area contributed by atoms with Crippen molar-refractivity contribution in [3.8, 4) is 0 Å². The van der Waals surface area contributed by atoms with Crippen LogP contribution in [0.1, 0.15) is 62.3 Å². The van der Waals surface area contributed by atoms with E-state index in [1.54, 1.807) is 0 Å². The van der Waals surface area contributed by atoms with Crippen molar-refractivity contribution in [2.45, 2.75) is 45.6 Å². The Balaban J connectivity index is 3.20. The second-order valence-corrected chi connectivity index (χ2v) is 8.08. The van der Waals surface area contributed by atoms with Crippen molar-refractivity contribution in [1.82, 2.24) is 0 Å². The second-order valence-electron chi connectivity index (χ2n) is 5.90. The van der Waals surface area contributed by atoms with Gasteiger partial charge in [0, 0.05) is 12.3 Å². The molecular weight excluding hydrogens is 258 g/mol. The highest BCUT2D eigenvalue weighted by Gasteiger charge is 2.18. The fraction of sp³-hybridized carbons (Fsp3) is 0.600. The van der Waals surface area contributed by atoms with Gasteiger partial charge in [-0.25, -0.2) is 8.42 Å². The van der Waals surface area contributed by atoms with Gasteiger partial charge in [0.05, 0.1) is 5.75 Å². The van der Waals surface area contributed by atoms with Gasteiger partial charge in [0.1, 0.15) is 9.84 Å². The number of sulfone groups is 1. The normalized spacial score (nSPS) is 14.1. The number of hydrogen-bond acceptors (Lipinski definition) is 3. The predicted octanol–water partition coefficient (Wildman–Crippen LogP) is 2.98. The molecular formula is C15H25NO2S. The molecule has 0 radical (unpaired) electrons. The van der Waals surface area contributed by atoms with Crippen LogP contribution < -0.4 is 5.73 Å². The lowest BCUT2D eigenvalue weighted by atomic mass is 9.89. The summed E-state index contributed by atoms with van der Waals surface area (Å²) in [5.74, 6) is 0.783. The van der Waals surface area contributed by atoms with Crippen molar-refractivity contribution in [3.63, 3.8) is 0 Å². The van der Waals surface area contributed by atoms with E-state index in [4.69, 9.17) is 5.73 Å². The average Bonchev–Trinajstić information content (AvgIpc) is 2.25. The summed E-state index contributed by atoms with van der Waals surface area (Å²) in [5, 5.41) is 0. The highest BCUT2D eigenvalue weighted by molar-refractivity contribution is 7.90. The summed E-state index contributed by atoms with van der Waals surface area (Å²) in [6.07, 6.45) is 1.23. The van der Waals surface area contributed by atoms with Gasteiger partial charge in [-0.05, 0) is 28.5 Å². The van der Waals surface area contributed by atoms with Gasteiger partial charge >= 0.3 is 0 Å². The summed E-state index contributed by atoms with van der Waals surface area (Å²) < 4.78 is 22.8. The fourth-order valence-corrected chi connectivity index (χ4v) is 3.04. The Hall–Kier alpha value is -0.870. The highest BCUT2D eigenvalue weighted by atomic mass is 32.2. The molecule has 0 aliphatic carbocycles. The molecule has 0 amide bonds. The molecule has 0 bridgehead atoms. The van der Waals surface area contributed by atoms with E-state index in [-0.39, 0.29) is 5.75 Å². The van der Waals surface area contributed by atoms with Gasteiger partial charge in [-0.1, -0.05) is 45.9 Å². The SMILES string of the molecule is CC(C)c1ccc(C(N)CS(C)(=O)=O)c(C(C)C)c1. The Bertz CT molecular complexity index is 533. The first-order valence-electron chi connectivity index (χ1n) is 6.69. The molecule has 1 atom stereocenters. The third kappa shape index (κ3) is 4.62. The molecule has 1 aromatic rings. The van der Waals surface area contributed by atoms with E-state index in [1.807, 2.05) is 12.1 Å². The molecule has 0 saturated heterocycles. The summed E-state index contributed by atoms with van der Waals surface area (Å²) >= 11 is 0. The van der Waals surface area contributed by atoms with Crippen LogP contribution in [0.15, 0.2) is 18.2 Å². The Labute approximate surface area is 117 Å². The number of hydrogen-bond donors (Lipinski definition) is 1. The Morgan fingerprint density at radius 2 is 1.63 bits per heavy atom. The van der Waals surface area contributed by atoms with E-state index < -0.39 is 15.9 Å². The molecule has 0 spiro atoms. The summed E-state index contributed by atoms with van der Waals surface area (Å²) in [6, 6.07) is 5.75. The van der Waals surface area contributed by atoms with Crippen LogP contribution in [0.4, 0.5) is 0 Å². The van der Waals surface area contributed by atoms with Crippen molar-refractivity contribution in [2.75, 3.05) is 12.0 Å². The molecule has 0 heterocycles. The van der Waals surface area contributed by atoms with Gasteiger partial charge in [0.2, 0.25) is 0 Å². The van der Waals surface area contributed by atoms with Gasteiger partial charge < -0.3 is 5.73 Å². The molecule has 0 fully saturated rings. The Kier molecular flexibility index (Phi) is 5.16. The third-order valence-corrected chi connectivity index (χ3v) is 4.25. The average molecular weight is 283 g/mol. The number of nitrogens with two attached hydrogens (primary N) is 1. The van der Waals surface area contributed by atoms with Crippen LogP contribution in [0, 0.1) is 0 Å². The molecule has 108 valence electrons. The zero-order valence-corrected chi connectivity index (χ0v) is 13.3. The van der Waals surface area contributed by atoms with Crippen molar-refractivity contribution in [1.29, 1.82) is 0 Å². The largest absolute Gasteiger partial charge is 0.323 e. The zero-order valence-electron chi connectivity index (χ0n) is 12.5. The van der Waals surface area contributed by atoms with E-state index in [0.717, 1.165) is 11.1 Å². The molecule has 0 aliphatic heterocycles. The van der Waals surface area contributed by atoms with E-state index in [0.29, 0.717) is 11.8 Å². The highest BCUT2D eigenvalue weighted by Crippen LogP contribution is 2.28. The first kappa shape index (κ1) is 16.2. The lowest BCUT2D eigenvalue weighted by Gasteiger charge is -2.20. The van der Waals surface area contributed by atoms with Crippen molar-refractivity contribution < 1.29 is 8.42 Å². The maximum absolute atomic E-state index is 11.4. The van der Waals surface area contributed by atoms with Crippen LogP contribution in [-0.2, 0) is 9.84 Å².